The van der Waals surface area contributed by atoms with Crippen LogP contribution in [0, 0.1) is 5.82 Å². The van der Waals surface area contributed by atoms with E-state index in [-0.39, 0.29) is 35.3 Å². The number of carbonyl (C=O) groups is 1. The molecule has 1 aromatic carbocycles. The van der Waals surface area contributed by atoms with Gasteiger partial charge in [-0.3, -0.25) is 4.79 Å². The molecule has 142 valence electrons. The highest BCUT2D eigenvalue weighted by Crippen LogP contribution is 2.23. The lowest BCUT2D eigenvalue weighted by atomic mass is 10.2. The number of hydrogen-bond donors (Lipinski definition) is 1. The summed E-state index contributed by atoms with van der Waals surface area (Å²) >= 11 is 1.16. The summed E-state index contributed by atoms with van der Waals surface area (Å²) in [6.07, 6.45) is 1.41. The molecule has 1 N–H and O–H groups in total. The maximum Gasteiger partial charge on any atom is 0.241 e. The van der Waals surface area contributed by atoms with Crippen molar-refractivity contribution in [1.29, 1.82) is 0 Å². The molecule has 0 saturated carbocycles. The largest absolute Gasteiger partial charge is 0.491 e. The Kier molecular flexibility index (Phi) is 5.73. The van der Waals surface area contributed by atoms with Crippen LogP contribution >= 0.6 is 11.3 Å². The summed E-state index contributed by atoms with van der Waals surface area (Å²) < 4.78 is 51.1. The first kappa shape index (κ1) is 19.3. The molecule has 0 bridgehead atoms. The van der Waals surface area contributed by atoms with E-state index in [1.165, 1.54) is 18.4 Å². The number of ether oxygens (including phenoxy) is 1. The molecule has 3 rings (SSSR count). The molecule has 0 aliphatic carbocycles. The minimum atomic E-state index is -3.91. The minimum absolute atomic E-state index is 0.00390. The van der Waals surface area contributed by atoms with E-state index < -0.39 is 15.8 Å². The van der Waals surface area contributed by atoms with Gasteiger partial charge < -0.3 is 9.15 Å². The highest BCUT2D eigenvalue weighted by Gasteiger charge is 2.18. The Labute approximate surface area is 159 Å². The van der Waals surface area contributed by atoms with Crippen LogP contribution in [0.25, 0.3) is 0 Å². The van der Waals surface area contributed by atoms with Crippen molar-refractivity contribution in [2.75, 3.05) is 6.61 Å². The Bertz CT molecular complexity index is 1040. The number of sulfonamides is 1. The number of halogens is 1. The van der Waals surface area contributed by atoms with Crippen molar-refractivity contribution in [3.63, 3.8) is 0 Å². The second-order valence-electron chi connectivity index (χ2n) is 5.42. The predicted octanol–water partition coefficient (Wildman–Crippen LogP) is 3.59. The van der Waals surface area contributed by atoms with Gasteiger partial charge in [-0.2, -0.15) is 0 Å². The smallest absolute Gasteiger partial charge is 0.241 e. The molecule has 0 radical (unpaired) electrons. The third kappa shape index (κ3) is 4.44. The molecule has 2 aromatic heterocycles. The van der Waals surface area contributed by atoms with Crippen LogP contribution in [0.2, 0.25) is 0 Å². The average Bonchev–Trinajstić information content (AvgIpc) is 3.33. The lowest BCUT2D eigenvalue weighted by Crippen LogP contribution is -2.23. The molecule has 3 aromatic rings. The summed E-state index contributed by atoms with van der Waals surface area (Å²) in [5.74, 6) is -0.806. The number of ketones is 1. The van der Waals surface area contributed by atoms with E-state index in [9.17, 15) is 17.6 Å². The van der Waals surface area contributed by atoms with Crippen molar-refractivity contribution in [2.24, 2.45) is 0 Å². The van der Waals surface area contributed by atoms with Gasteiger partial charge in [0.1, 0.15) is 0 Å². The maximum absolute atomic E-state index is 13.9. The first-order chi connectivity index (χ1) is 12.9. The molecule has 0 aliphatic heterocycles. The normalized spacial score (nSPS) is 11.5. The van der Waals surface area contributed by atoms with Crippen LogP contribution in [0.15, 0.2) is 58.0 Å². The van der Waals surface area contributed by atoms with E-state index in [0.29, 0.717) is 9.75 Å². The van der Waals surface area contributed by atoms with Crippen molar-refractivity contribution in [3.8, 4) is 5.75 Å². The molecule has 0 fully saturated rings. The number of benzene rings is 1. The van der Waals surface area contributed by atoms with E-state index >= 15 is 0 Å². The van der Waals surface area contributed by atoms with Crippen LogP contribution in [0.4, 0.5) is 4.39 Å². The Morgan fingerprint density at radius 2 is 2.07 bits per heavy atom. The lowest BCUT2D eigenvalue weighted by molar-refractivity contribution is 0.101. The van der Waals surface area contributed by atoms with Gasteiger partial charge >= 0.3 is 0 Å². The first-order valence-electron chi connectivity index (χ1n) is 7.99. The quantitative estimate of drug-likeness (QED) is 0.575. The van der Waals surface area contributed by atoms with Gasteiger partial charge in [0, 0.05) is 11.4 Å². The van der Waals surface area contributed by atoms with Gasteiger partial charge in [-0.25, -0.2) is 17.5 Å². The van der Waals surface area contributed by atoms with E-state index in [2.05, 4.69) is 4.72 Å². The Balaban J connectivity index is 1.69. The fourth-order valence-corrected chi connectivity index (χ4v) is 4.30. The Hall–Kier alpha value is -2.49. The molecule has 0 saturated heterocycles. The topological polar surface area (TPSA) is 85.6 Å². The van der Waals surface area contributed by atoms with Crippen molar-refractivity contribution in [3.05, 3.63) is 70.1 Å². The summed E-state index contributed by atoms with van der Waals surface area (Å²) in [7, 11) is -3.91. The van der Waals surface area contributed by atoms with E-state index in [0.717, 1.165) is 17.4 Å². The molecule has 0 spiro atoms. The number of carbonyl (C=O) groups excluding carboxylic acids is 1. The van der Waals surface area contributed by atoms with Gasteiger partial charge in [0.25, 0.3) is 0 Å². The third-order valence-electron chi connectivity index (χ3n) is 3.58. The summed E-state index contributed by atoms with van der Waals surface area (Å²) in [4.78, 5) is 13.1. The second kappa shape index (κ2) is 8.03. The maximum atomic E-state index is 13.9. The molecule has 27 heavy (non-hydrogen) atoms. The van der Waals surface area contributed by atoms with E-state index in [1.807, 2.05) is 0 Å². The van der Waals surface area contributed by atoms with Gasteiger partial charge in [0.05, 0.1) is 22.6 Å². The fraction of sp³-hybridized carbons (Fsp3) is 0.167. The zero-order valence-corrected chi connectivity index (χ0v) is 15.9. The monoisotopic (exact) mass is 409 g/mol. The molecule has 0 atom stereocenters. The molecule has 6 nitrogen and oxygen atoms in total. The molecule has 0 unspecified atom stereocenters. The van der Waals surface area contributed by atoms with Crippen molar-refractivity contribution >= 4 is 27.1 Å². The van der Waals surface area contributed by atoms with Crippen LogP contribution < -0.4 is 9.46 Å². The fourth-order valence-electron chi connectivity index (χ4n) is 2.29. The van der Waals surface area contributed by atoms with Crippen LogP contribution in [0.3, 0.4) is 0 Å². The molecule has 0 aliphatic rings. The highest BCUT2D eigenvalue weighted by atomic mass is 32.2. The first-order valence-corrected chi connectivity index (χ1v) is 10.3. The number of furan rings is 1. The third-order valence-corrected chi connectivity index (χ3v) is 6.06. The SMILES string of the molecule is CCOc1ccc(S(=O)(=O)NCc2ccc(C(=O)c3ccco3)s2)cc1F. The lowest BCUT2D eigenvalue weighted by Gasteiger charge is -2.08. The van der Waals surface area contributed by atoms with E-state index in [1.54, 1.807) is 31.2 Å². The van der Waals surface area contributed by atoms with Crippen molar-refractivity contribution in [2.45, 2.75) is 18.4 Å². The van der Waals surface area contributed by atoms with Crippen molar-refractivity contribution in [1.82, 2.24) is 4.72 Å². The van der Waals surface area contributed by atoms with Crippen LogP contribution in [0.5, 0.6) is 5.75 Å². The number of hydrogen-bond acceptors (Lipinski definition) is 6. The van der Waals surface area contributed by atoms with Crippen molar-refractivity contribution < 1.29 is 26.8 Å². The van der Waals surface area contributed by atoms with Crippen LogP contribution in [0.1, 0.15) is 27.2 Å². The average molecular weight is 409 g/mol. The van der Waals surface area contributed by atoms with Gasteiger partial charge in [0.15, 0.2) is 17.3 Å². The van der Waals surface area contributed by atoms with Crippen LogP contribution in [-0.2, 0) is 16.6 Å². The summed E-state index contributed by atoms with van der Waals surface area (Å²) in [5, 5.41) is 0. The number of rotatable bonds is 8. The van der Waals surface area contributed by atoms with E-state index in [4.69, 9.17) is 9.15 Å². The highest BCUT2D eigenvalue weighted by molar-refractivity contribution is 7.89. The standard InChI is InChI=1S/C18H16FNO5S2/c1-2-24-15-7-6-13(10-14(15)19)27(22,23)20-11-12-5-8-17(26-12)18(21)16-4-3-9-25-16/h3-10,20H,2,11H2,1H3. The van der Waals surface area contributed by atoms with Gasteiger partial charge in [-0.05, 0) is 49.4 Å². The van der Waals surface area contributed by atoms with Gasteiger partial charge in [-0.1, -0.05) is 0 Å². The second-order valence-corrected chi connectivity index (χ2v) is 8.36. The molecule has 0 amide bonds. The predicted molar refractivity (Wildman–Crippen MR) is 98.1 cm³/mol. The molecule has 2 heterocycles. The molecule has 9 heteroatoms. The summed E-state index contributed by atoms with van der Waals surface area (Å²) in [6.45, 7) is 1.96. The van der Waals surface area contributed by atoms with Gasteiger partial charge in [-0.15, -0.1) is 11.3 Å². The Morgan fingerprint density at radius 1 is 1.26 bits per heavy atom. The van der Waals surface area contributed by atoms with Gasteiger partial charge in [0.2, 0.25) is 15.8 Å². The van der Waals surface area contributed by atoms with Crippen LogP contribution in [-0.4, -0.2) is 20.8 Å². The summed E-state index contributed by atoms with van der Waals surface area (Å²) in [5.41, 5.74) is 0. The zero-order chi connectivity index (χ0) is 19.4. The summed E-state index contributed by atoms with van der Waals surface area (Å²) in [6, 6.07) is 9.90. The zero-order valence-electron chi connectivity index (χ0n) is 14.3. The minimum Gasteiger partial charge on any atom is -0.491 e. The number of nitrogens with one attached hydrogen (secondary N) is 1. The number of thiophene rings is 1. The Morgan fingerprint density at radius 3 is 2.74 bits per heavy atom. The molecular formula is C18H16FNO5S2. The molecular weight excluding hydrogens is 393 g/mol.